The van der Waals surface area contributed by atoms with E-state index in [2.05, 4.69) is 4.65 Å². The minimum absolute atomic E-state index is 0.0858. The van der Waals surface area contributed by atoms with Crippen LogP contribution in [0.2, 0.25) is 0 Å². The lowest BCUT2D eigenvalue weighted by Gasteiger charge is -2.43. The Balaban J connectivity index is 1.93. The SMILES string of the molecule is CCOC(=O)C1(O[B-](F)(F)F)CC2=C(CCC2)N(CCc2ccc(OC)c(OC)c2)C1=O. The highest BCUT2D eigenvalue weighted by Gasteiger charge is 2.57. The summed E-state index contributed by atoms with van der Waals surface area (Å²) < 4.78 is 59.7. The van der Waals surface area contributed by atoms with Crippen LogP contribution in [0.5, 0.6) is 11.5 Å². The van der Waals surface area contributed by atoms with Gasteiger partial charge in [0.2, 0.25) is 5.60 Å². The second-order valence-corrected chi connectivity index (χ2v) is 7.66. The Labute approximate surface area is 184 Å². The van der Waals surface area contributed by atoms with Crippen molar-refractivity contribution in [3.05, 3.63) is 35.0 Å². The van der Waals surface area contributed by atoms with Crippen molar-refractivity contribution in [3.63, 3.8) is 0 Å². The third kappa shape index (κ3) is 4.72. The molecule has 1 aliphatic carbocycles. The summed E-state index contributed by atoms with van der Waals surface area (Å²) in [6.07, 6.45) is 1.65. The van der Waals surface area contributed by atoms with E-state index in [1.54, 1.807) is 18.2 Å². The first-order valence-electron chi connectivity index (χ1n) is 10.4. The maximum atomic E-state index is 13.4. The summed E-state index contributed by atoms with van der Waals surface area (Å²) >= 11 is 0. The molecule has 2 aliphatic rings. The van der Waals surface area contributed by atoms with Crippen LogP contribution >= 0.6 is 0 Å². The zero-order chi connectivity index (χ0) is 23.5. The van der Waals surface area contributed by atoms with Gasteiger partial charge in [-0.15, -0.1) is 0 Å². The molecule has 0 saturated heterocycles. The van der Waals surface area contributed by atoms with Gasteiger partial charge in [0.15, 0.2) is 11.5 Å². The van der Waals surface area contributed by atoms with Gasteiger partial charge in [-0.05, 0) is 55.9 Å². The lowest BCUT2D eigenvalue weighted by molar-refractivity contribution is -0.177. The van der Waals surface area contributed by atoms with Gasteiger partial charge < -0.3 is 36.7 Å². The van der Waals surface area contributed by atoms with E-state index in [4.69, 9.17) is 14.2 Å². The minimum atomic E-state index is -5.88. The zero-order valence-electron chi connectivity index (χ0n) is 18.3. The van der Waals surface area contributed by atoms with Crippen molar-refractivity contribution in [1.82, 2.24) is 4.90 Å². The van der Waals surface area contributed by atoms with Gasteiger partial charge in [0.05, 0.1) is 20.8 Å². The molecule has 0 radical (unpaired) electrons. The van der Waals surface area contributed by atoms with Crippen molar-refractivity contribution in [2.24, 2.45) is 0 Å². The molecule has 11 heteroatoms. The van der Waals surface area contributed by atoms with Crippen molar-refractivity contribution < 1.29 is 41.4 Å². The fourth-order valence-corrected chi connectivity index (χ4v) is 4.31. The van der Waals surface area contributed by atoms with Crippen LogP contribution < -0.4 is 9.47 Å². The predicted molar refractivity (Wildman–Crippen MR) is 110 cm³/mol. The molecule has 32 heavy (non-hydrogen) atoms. The molecule has 0 spiro atoms. The van der Waals surface area contributed by atoms with E-state index >= 15 is 0 Å². The average Bonchev–Trinajstić information content (AvgIpc) is 3.20. The average molecular weight is 456 g/mol. The highest BCUT2D eigenvalue weighted by Crippen LogP contribution is 2.43. The van der Waals surface area contributed by atoms with Crippen LogP contribution in [0.4, 0.5) is 12.9 Å². The maximum absolute atomic E-state index is 13.4. The first-order valence-corrected chi connectivity index (χ1v) is 10.4. The van der Waals surface area contributed by atoms with E-state index in [0.29, 0.717) is 48.5 Å². The van der Waals surface area contributed by atoms with Gasteiger partial charge in [0, 0.05) is 18.7 Å². The molecule has 0 N–H and O–H groups in total. The molecule has 1 aromatic carbocycles. The largest absolute Gasteiger partial charge is 0.638 e. The number of carbonyl (C=O) groups excluding carboxylic acids is 2. The lowest BCUT2D eigenvalue weighted by Crippen LogP contribution is -2.61. The Morgan fingerprint density at radius 3 is 2.50 bits per heavy atom. The molecule has 0 fully saturated rings. The summed E-state index contributed by atoms with van der Waals surface area (Å²) in [7, 11) is -2.88. The van der Waals surface area contributed by atoms with E-state index in [-0.39, 0.29) is 13.2 Å². The second-order valence-electron chi connectivity index (χ2n) is 7.66. The summed E-state index contributed by atoms with van der Waals surface area (Å²) in [5, 5.41) is 0. The van der Waals surface area contributed by atoms with E-state index in [1.807, 2.05) is 0 Å². The van der Waals surface area contributed by atoms with Gasteiger partial charge in [-0.1, -0.05) is 6.07 Å². The van der Waals surface area contributed by atoms with Gasteiger partial charge in [0.25, 0.3) is 5.91 Å². The number of allylic oxidation sites excluding steroid dienone is 1. The Morgan fingerprint density at radius 1 is 1.16 bits per heavy atom. The molecule has 7 nitrogen and oxygen atoms in total. The predicted octanol–water partition coefficient (Wildman–Crippen LogP) is 3.58. The molecule has 1 heterocycles. The van der Waals surface area contributed by atoms with Gasteiger partial charge in [-0.2, -0.15) is 0 Å². The number of amides is 1. The standard InChI is InChI=1S/C21H26BF3NO6/c1-4-31-20(28)21(32-22(23,24)25)13-15-6-5-7-16(15)26(19(21)27)11-10-14-8-9-17(29-2)18(12-14)30-3/h8-9,12H,4-7,10-11,13H2,1-3H3/q-1. The molecule has 0 saturated carbocycles. The normalized spacial score (nSPS) is 20.9. The van der Waals surface area contributed by atoms with Crippen LogP contribution in [-0.4, -0.2) is 56.9 Å². The number of methoxy groups -OCH3 is 2. The topological polar surface area (TPSA) is 74.3 Å². The van der Waals surface area contributed by atoms with Crippen LogP contribution in [0.15, 0.2) is 29.5 Å². The molecule has 1 unspecified atom stereocenters. The number of halogens is 3. The lowest BCUT2D eigenvalue weighted by atomic mass is 9.86. The maximum Gasteiger partial charge on any atom is 0.638 e. The molecule has 0 bridgehead atoms. The third-order valence-corrected chi connectivity index (χ3v) is 5.69. The van der Waals surface area contributed by atoms with E-state index < -0.39 is 31.1 Å². The number of ether oxygens (including phenoxy) is 3. The number of rotatable bonds is 9. The van der Waals surface area contributed by atoms with Crippen molar-refractivity contribution in [2.75, 3.05) is 27.4 Å². The minimum Gasteiger partial charge on any atom is -0.493 e. The smallest absolute Gasteiger partial charge is 0.493 e. The molecular formula is C21H26BF3NO6-. The molecule has 1 aromatic rings. The Hall–Kier alpha value is -2.69. The number of hydrogen-bond acceptors (Lipinski definition) is 6. The Morgan fingerprint density at radius 2 is 1.88 bits per heavy atom. The summed E-state index contributed by atoms with van der Waals surface area (Å²) in [5.74, 6) is -1.30. The molecular weight excluding hydrogens is 430 g/mol. The van der Waals surface area contributed by atoms with Crippen LogP contribution in [0.25, 0.3) is 0 Å². The van der Waals surface area contributed by atoms with Gasteiger partial charge >= 0.3 is 13.1 Å². The molecule has 1 aliphatic heterocycles. The molecule has 1 amide bonds. The number of nitrogens with zero attached hydrogens (tertiary/aromatic N) is 1. The summed E-state index contributed by atoms with van der Waals surface area (Å²) in [4.78, 5) is 27.3. The Kier molecular flexibility index (Phi) is 7.07. The number of esters is 1. The van der Waals surface area contributed by atoms with Crippen LogP contribution in [0.3, 0.4) is 0 Å². The fraction of sp³-hybridized carbons (Fsp3) is 0.524. The zero-order valence-corrected chi connectivity index (χ0v) is 18.3. The van der Waals surface area contributed by atoms with Gasteiger partial charge in [-0.25, -0.2) is 4.79 Å². The first kappa shape index (κ1) is 24.0. The highest BCUT2D eigenvalue weighted by molar-refractivity contribution is 6.52. The van der Waals surface area contributed by atoms with E-state index in [1.165, 1.54) is 26.0 Å². The van der Waals surface area contributed by atoms with Gasteiger partial charge in [-0.3, -0.25) is 4.79 Å². The fourth-order valence-electron chi connectivity index (χ4n) is 4.31. The number of carbonyl (C=O) groups is 2. The molecule has 1 atom stereocenters. The van der Waals surface area contributed by atoms with Crippen molar-refractivity contribution in [3.8, 4) is 11.5 Å². The monoisotopic (exact) mass is 456 g/mol. The highest BCUT2D eigenvalue weighted by atomic mass is 19.4. The Bertz CT molecular complexity index is 919. The third-order valence-electron chi connectivity index (χ3n) is 5.69. The van der Waals surface area contributed by atoms with E-state index in [9.17, 15) is 22.5 Å². The van der Waals surface area contributed by atoms with Crippen LogP contribution in [0.1, 0.15) is 38.2 Å². The van der Waals surface area contributed by atoms with Crippen molar-refractivity contribution in [1.29, 1.82) is 0 Å². The van der Waals surface area contributed by atoms with Crippen LogP contribution in [0, 0.1) is 0 Å². The number of hydrogen-bond donors (Lipinski definition) is 0. The van der Waals surface area contributed by atoms with Crippen LogP contribution in [-0.2, 0) is 25.4 Å². The molecule has 0 aromatic heterocycles. The van der Waals surface area contributed by atoms with Crippen molar-refractivity contribution >= 4 is 19.1 Å². The summed E-state index contributed by atoms with van der Waals surface area (Å²) in [5.41, 5.74) is -0.641. The van der Waals surface area contributed by atoms with E-state index in [0.717, 1.165) is 5.56 Å². The summed E-state index contributed by atoms with van der Waals surface area (Å²) in [6.45, 7) is 1.38. The number of benzene rings is 1. The quantitative estimate of drug-likeness (QED) is 0.321. The van der Waals surface area contributed by atoms with Crippen molar-refractivity contribution in [2.45, 2.75) is 44.6 Å². The first-order chi connectivity index (χ1) is 15.1. The molecule has 3 rings (SSSR count). The second kappa shape index (κ2) is 9.44. The summed E-state index contributed by atoms with van der Waals surface area (Å²) in [6, 6.07) is 5.24. The van der Waals surface area contributed by atoms with Gasteiger partial charge in [0.1, 0.15) is 0 Å². The molecule has 176 valence electrons.